The van der Waals surface area contributed by atoms with Crippen molar-refractivity contribution in [3.05, 3.63) is 12.2 Å². The summed E-state index contributed by atoms with van der Waals surface area (Å²) in [6.07, 6.45) is 8.66. The van der Waals surface area contributed by atoms with Crippen LogP contribution in [-0.4, -0.2) is 12.1 Å². The van der Waals surface area contributed by atoms with Gasteiger partial charge in [0, 0.05) is 12.8 Å². The van der Waals surface area contributed by atoms with E-state index in [-0.39, 0.29) is 12.1 Å². The molecular formula is C12H16O2. The van der Waals surface area contributed by atoms with Crippen molar-refractivity contribution >= 4 is 5.97 Å². The highest BCUT2D eigenvalue weighted by atomic mass is 16.5. The first-order valence-corrected chi connectivity index (χ1v) is 5.59. The number of hydrogen-bond acceptors (Lipinski definition) is 2. The highest BCUT2D eigenvalue weighted by molar-refractivity contribution is 5.66. The smallest absolute Gasteiger partial charge is 0.302 e. The summed E-state index contributed by atoms with van der Waals surface area (Å²) in [5, 5.41) is 0. The van der Waals surface area contributed by atoms with Gasteiger partial charge < -0.3 is 4.74 Å². The maximum Gasteiger partial charge on any atom is 0.302 e. The Morgan fingerprint density at radius 3 is 2.57 bits per heavy atom. The van der Waals surface area contributed by atoms with Gasteiger partial charge in [-0.1, -0.05) is 12.2 Å². The van der Waals surface area contributed by atoms with Gasteiger partial charge in [0.05, 0.1) is 0 Å². The van der Waals surface area contributed by atoms with E-state index < -0.39 is 0 Å². The van der Waals surface area contributed by atoms with E-state index in [9.17, 15) is 4.79 Å². The van der Waals surface area contributed by atoms with Crippen LogP contribution in [0.3, 0.4) is 0 Å². The Morgan fingerprint density at radius 1 is 1.21 bits per heavy atom. The largest absolute Gasteiger partial charge is 0.462 e. The van der Waals surface area contributed by atoms with Gasteiger partial charge in [0.1, 0.15) is 6.10 Å². The molecule has 4 bridgehead atoms. The second-order valence-corrected chi connectivity index (χ2v) is 4.99. The molecule has 2 nitrogen and oxygen atoms in total. The van der Waals surface area contributed by atoms with Crippen LogP contribution in [0, 0.1) is 23.7 Å². The number of fused-ring (bicyclic) bond motifs is 1. The van der Waals surface area contributed by atoms with Crippen LogP contribution in [0.1, 0.15) is 26.2 Å². The lowest BCUT2D eigenvalue weighted by molar-refractivity contribution is -0.159. The number of ether oxygens (including phenoxy) is 1. The van der Waals surface area contributed by atoms with Gasteiger partial charge in [0.15, 0.2) is 0 Å². The lowest BCUT2D eigenvalue weighted by Crippen LogP contribution is -2.49. The monoisotopic (exact) mass is 192 g/mol. The average molecular weight is 192 g/mol. The normalized spacial score (nSPS) is 48.2. The van der Waals surface area contributed by atoms with Crippen LogP contribution in [-0.2, 0) is 9.53 Å². The lowest BCUT2D eigenvalue weighted by Gasteiger charge is -2.52. The van der Waals surface area contributed by atoms with Crippen molar-refractivity contribution in [2.45, 2.75) is 32.3 Å². The average Bonchev–Trinajstić information content (AvgIpc) is 2.17. The van der Waals surface area contributed by atoms with E-state index >= 15 is 0 Å². The summed E-state index contributed by atoms with van der Waals surface area (Å²) in [5.74, 6) is 2.79. The van der Waals surface area contributed by atoms with E-state index in [4.69, 9.17) is 4.74 Å². The highest BCUT2D eigenvalue weighted by Crippen LogP contribution is 2.53. The fourth-order valence-corrected chi connectivity index (χ4v) is 3.64. The number of allylic oxidation sites excluding steroid dienone is 2. The fraction of sp³-hybridized carbons (Fsp3) is 0.750. The summed E-state index contributed by atoms with van der Waals surface area (Å²) in [5.41, 5.74) is 0. The number of carbonyl (C=O) groups excluding carboxylic acids is 1. The number of hydrogen-bond donors (Lipinski definition) is 0. The standard InChI is InChI=1S/C12H16O2/c1-7(13)14-12-6-10-4-9-3-2-8(10)5-11(9)12/h2-3,8-12H,4-6H2,1H3. The van der Waals surface area contributed by atoms with Crippen molar-refractivity contribution < 1.29 is 9.53 Å². The summed E-state index contributed by atoms with van der Waals surface area (Å²) < 4.78 is 5.40. The van der Waals surface area contributed by atoms with E-state index in [1.807, 2.05) is 0 Å². The maximum absolute atomic E-state index is 11.0. The van der Waals surface area contributed by atoms with Crippen molar-refractivity contribution in [1.82, 2.24) is 0 Å². The minimum atomic E-state index is -0.109. The first-order valence-electron chi connectivity index (χ1n) is 5.59. The quantitative estimate of drug-likeness (QED) is 0.470. The van der Waals surface area contributed by atoms with Crippen LogP contribution in [0.25, 0.3) is 0 Å². The Kier molecular flexibility index (Phi) is 1.73. The molecule has 3 saturated carbocycles. The molecule has 0 aromatic carbocycles. The molecule has 3 fully saturated rings. The predicted octanol–water partition coefficient (Wildman–Crippen LogP) is 2.15. The Hall–Kier alpha value is -0.790. The molecule has 5 unspecified atom stereocenters. The molecule has 0 aromatic rings. The van der Waals surface area contributed by atoms with Gasteiger partial charge in [0.25, 0.3) is 0 Å². The Bertz CT molecular complexity index is 295. The van der Waals surface area contributed by atoms with Crippen molar-refractivity contribution in [3.63, 3.8) is 0 Å². The fourth-order valence-electron chi connectivity index (χ4n) is 3.64. The molecule has 76 valence electrons. The van der Waals surface area contributed by atoms with E-state index in [0.29, 0.717) is 11.8 Å². The second kappa shape index (κ2) is 2.85. The Labute approximate surface area is 84.3 Å². The number of esters is 1. The second-order valence-electron chi connectivity index (χ2n) is 4.99. The highest BCUT2D eigenvalue weighted by Gasteiger charge is 2.49. The zero-order chi connectivity index (χ0) is 9.71. The number of rotatable bonds is 1. The molecule has 0 spiro atoms. The molecule has 0 heterocycles. The predicted molar refractivity (Wildman–Crippen MR) is 52.5 cm³/mol. The summed E-state index contributed by atoms with van der Waals surface area (Å²) in [6, 6.07) is 0. The molecule has 0 radical (unpaired) electrons. The Balaban J connectivity index is 1.81. The van der Waals surface area contributed by atoms with E-state index in [0.717, 1.165) is 18.3 Å². The van der Waals surface area contributed by atoms with Crippen molar-refractivity contribution in [1.29, 1.82) is 0 Å². The molecule has 5 atom stereocenters. The third kappa shape index (κ3) is 1.13. The number of carbonyl (C=O) groups is 1. The lowest BCUT2D eigenvalue weighted by atomic mass is 9.55. The zero-order valence-corrected chi connectivity index (χ0v) is 8.48. The van der Waals surface area contributed by atoms with Gasteiger partial charge in [-0.25, -0.2) is 0 Å². The van der Waals surface area contributed by atoms with Crippen LogP contribution in [0.15, 0.2) is 12.2 Å². The molecular weight excluding hydrogens is 176 g/mol. The minimum Gasteiger partial charge on any atom is -0.462 e. The summed E-state index contributed by atoms with van der Waals surface area (Å²) >= 11 is 0. The molecule has 0 aromatic heterocycles. The molecule has 2 heteroatoms. The van der Waals surface area contributed by atoms with Crippen LogP contribution in [0.2, 0.25) is 0 Å². The van der Waals surface area contributed by atoms with Gasteiger partial charge in [-0.3, -0.25) is 4.79 Å². The van der Waals surface area contributed by atoms with E-state index in [1.165, 1.54) is 19.8 Å². The van der Waals surface area contributed by atoms with Gasteiger partial charge in [-0.15, -0.1) is 0 Å². The van der Waals surface area contributed by atoms with Gasteiger partial charge in [0.2, 0.25) is 0 Å². The molecule has 5 aliphatic rings. The van der Waals surface area contributed by atoms with Gasteiger partial charge in [-0.05, 0) is 37.0 Å². The first kappa shape index (κ1) is 8.51. The molecule has 14 heavy (non-hydrogen) atoms. The molecule has 5 aliphatic carbocycles. The third-order valence-electron chi connectivity index (χ3n) is 4.21. The SMILES string of the molecule is CC(=O)OC1CC2CC3C=CC2CC31. The maximum atomic E-state index is 11.0. The van der Waals surface area contributed by atoms with Crippen LogP contribution in [0.5, 0.6) is 0 Å². The summed E-state index contributed by atoms with van der Waals surface area (Å²) in [4.78, 5) is 11.0. The summed E-state index contributed by atoms with van der Waals surface area (Å²) in [6.45, 7) is 1.52. The molecule has 0 amide bonds. The molecule has 0 saturated heterocycles. The van der Waals surface area contributed by atoms with E-state index in [1.54, 1.807) is 0 Å². The summed E-state index contributed by atoms with van der Waals surface area (Å²) in [7, 11) is 0. The van der Waals surface area contributed by atoms with Crippen LogP contribution >= 0.6 is 0 Å². The van der Waals surface area contributed by atoms with Crippen molar-refractivity contribution in [2.24, 2.45) is 23.7 Å². The molecule has 0 N–H and O–H groups in total. The topological polar surface area (TPSA) is 26.3 Å². The van der Waals surface area contributed by atoms with Crippen LogP contribution < -0.4 is 0 Å². The molecule has 5 rings (SSSR count). The first-order chi connectivity index (χ1) is 6.74. The minimum absolute atomic E-state index is 0.109. The molecule has 0 aliphatic heterocycles. The van der Waals surface area contributed by atoms with Gasteiger partial charge in [-0.2, -0.15) is 0 Å². The van der Waals surface area contributed by atoms with Crippen LogP contribution in [0.4, 0.5) is 0 Å². The Morgan fingerprint density at radius 2 is 2.00 bits per heavy atom. The van der Waals surface area contributed by atoms with Crippen molar-refractivity contribution in [3.8, 4) is 0 Å². The van der Waals surface area contributed by atoms with Crippen molar-refractivity contribution in [2.75, 3.05) is 0 Å². The zero-order valence-electron chi connectivity index (χ0n) is 8.48. The van der Waals surface area contributed by atoms with Gasteiger partial charge >= 0.3 is 5.97 Å². The third-order valence-corrected chi connectivity index (χ3v) is 4.21. The van der Waals surface area contributed by atoms with E-state index in [2.05, 4.69) is 12.2 Å².